The van der Waals surface area contributed by atoms with Gasteiger partial charge in [0.1, 0.15) is 5.75 Å². The lowest BCUT2D eigenvalue weighted by molar-refractivity contribution is 0.140. The molecule has 0 aliphatic carbocycles. The summed E-state index contributed by atoms with van der Waals surface area (Å²) in [5, 5.41) is 3.76. The van der Waals surface area contributed by atoms with Crippen LogP contribution in [0.15, 0.2) is 18.2 Å². The minimum atomic E-state index is 0.688. The monoisotopic (exact) mass is 243 g/mol. The number of ether oxygens (including phenoxy) is 2. The van der Waals surface area contributed by atoms with Gasteiger partial charge in [0.25, 0.3) is 0 Å². The SMILES string of the molecule is CNCCOCCc1ccc(OC)cc1Cl. The molecule has 0 atom stereocenters. The number of hydrogen-bond donors (Lipinski definition) is 1. The lowest BCUT2D eigenvalue weighted by Gasteiger charge is -2.07. The van der Waals surface area contributed by atoms with Crippen molar-refractivity contribution in [2.45, 2.75) is 6.42 Å². The highest BCUT2D eigenvalue weighted by atomic mass is 35.5. The van der Waals surface area contributed by atoms with Gasteiger partial charge in [0.05, 0.1) is 20.3 Å². The summed E-state index contributed by atoms with van der Waals surface area (Å²) in [7, 11) is 3.54. The summed E-state index contributed by atoms with van der Waals surface area (Å²) in [6, 6.07) is 5.71. The van der Waals surface area contributed by atoms with Crippen molar-refractivity contribution in [3.8, 4) is 5.75 Å². The van der Waals surface area contributed by atoms with Gasteiger partial charge in [-0.2, -0.15) is 0 Å². The van der Waals surface area contributed by atoms with Crippen molar-refractivity contribution in [2.24, 2.45) is 0 Å². The van der Waals surface area contributed by atoms with E-state index in [0.29, 0.717) is 6.61 Å². The molecule has 0 saturated carbocycles. The maximum absolute atomic E-state index is 6.10. The number of methoxy groups -OCH3 is 1. The van der Waals surface area contributed by atoms with Crippen molar-refractivity contribution in [3.05, 3.63) is 28.8 Å². The topological polar surface area (TPSA) is 30.5 Å². The zero-order valence-corrected chi connectivity index (χ0v) is 10.5. The highest BCUT2D eigenvalue weighted by Crippen LogP contribution is 2.22. The van der Waals surface area contributed by atoms with Crippen LogP contribution < -0.4 is 10.1 Å². The van der Waals surface area contributed by atoms with Crippen LogP contribution in [0.5, 0.6) is 5.75 Å². The van der Waals surface area contributed by atoms with Crippen molar-refractivity contribution >= 4 is 11.6 Å². The predicted molar refractivity (Wildman–Crippen MR) is 66.5 cm³/mol. The van der Waals surface area contributed by atoms with E-state index in [4.69, 9.17) is 21.1 Å². The van der Waals surface area contributed by atoms with Gasteiger partial charge in [0.2, 0.25) is 0 Å². The molecule has 0 heterocycles. The molecule has 0 unspecified atom stereocenters. The molecular formula is C12H18ClNO2. The molecule has 0 amide bonds. The summed E-state index contributed by atoms with van der Waals surface area (Å²) < 4.78 is 10.5. The number of nitrogens with one attached hydrogen (secondary N) is 1. The molecule has 16 heavy (non-hydrogen) atoms. The number of halogens is 1. The van der Waals surface area contributed by atoms with Crippen molar-refractivity contribution in [1.82, 2.24) is 5.32 Å². The van der Waals surface area contributed by atoms with Gasteiger partial charge in [-0.1, -0.05) is 17.7 Å². The molecule has 1 aromatic rings. The van der Waals surface area contributed by atoms with E-state index in [1.54, 1.807) is 7.11 Å². The van der Waals surface area contributed by atoms with Crippen molar-refractivity contribution < 1.29 is 9.47 Å². The predicted octanol–water partition coefficient (Wildman–Crippen LogP) is 2.13. The summed E-state index contributed by atoms with van der Waals surface area (Å²) in [5.74, 6) is 0.782. The molecule has 0 aliphatic heterocycles. The molecule has 0 saturated heterocycles. The lowest BCUT2D eigenvalue weighted by Crippen LogP contribution is -2.15. The molecule has 0 aromatic heterocycles. The third-order valence-electron chi connectivity index (χ3n) is 2.27. The van der Waals surface area contributed by atoms with Crippen LogP contribution >= 0.6 is 11.6 Å². The fourth-order valence-corrected chi connectivity index (χ4v) is 1.58. The van der Waals surface area contributed by atoms with Crippen LogP contribution in [0.25, 0.3) is 0 Å². The van der Waals surface area contributed by atoms with E-state index in [0.717, 1.165) is 35.9 Å². The highest BCUT2D eigenvalue weighted by Gasteiger charge is 2.02. The third kappa shape index (κ3) is 4.39. The molecule has 0 fully saturated rings. The third-order valence-corrected chi connectivity index (χ3v) is 2.62. The van der Waals surface area contributed by atoms with Crippen LogP contribution in [0.3, 0.4) is 0 Å². The van der Waals surface area contributed by atoms with Crippen LogP contribution in [-0.4, -0.2) is 33.9 Å². The Balaban J connectivity index is 2.36. The van der Waals surface area contributed by atoms with Gasteiger partial charge >= 0.3 is 0 Å². The van der Waals surface area contributed by atoms with Crippen LogP contribution in [0, 0.1) is 0 Å². The second-order valence-electron chi connectivity index (χ2n) is 3.42. The molecule has 1 rings (SSSR count). The normalized spacial score (nSPS) is 10.4. The van der Waals surface area contributed by atoms with Gasteiger partial charge in [-0.05, 0) is 31.2 Å². The van der Waals surface area contributed by atoms with E-state index in [9.17, 15) is 0 Å². The molecule has 0 bridgehead atoms. The van der Waals surface area contributed by atoms with Gasteiger partial charge in [-0.25, -0.2) is 0 Å². The van der Waals surface area contributed by atoms with E-state index in [2.05, 4.69) is 5.32 Å². The van der Waals surface area contributed by atoms with Crippen LogP contribution in [0.4, 0.5) is 0 Å². The average Bonchev–Trinajstić information content (AvgIpc) is 2.30. The number of rotatable bonds is 7. The summed E-state index contributed by atoms with van der Waals surface area (Å²) >= 11 is 6.10. The lowest BCUT2D eigenvalue weighted by atomic mass is 10.1. The fraction of sp³-hybridized carbons (Fsp3) is 0.500. The molecule has 0 radical (unpaired) electrons. The van der Waals surface area contributed by atoms with Gasteiger partial charge < -0.3 is 14.8 Å². The maximum atomic E-state index is 6.10. The summed E-state index contributed by atoms with van der Waals surface area (Å²) in [6.45, 7) is 2.29. The van der Waals surface area contributed by atoms with Gasteiger partial charge in [0, 0.05) is 11.6 Å². The van der Waals surface area contributed by atoms with Crippen LogP contribution in [-0.2, 0) is 11.2 Å². The maximum Gasteiger partial charge on any atom is 0.120 e. The minimum Gasteiger partial charge on any atom is -0.497 e. The van der Waals surface area contributed by atoms with E-state index in [-0.39, 0.29) is 0 Å². The fourth-order valence-electron chi connectivity index (χ4n) is 1.32. The summed E-state index contributed by atoms with van der Waals surface area (Å²) in [4.78, 5) is 0. The summed E-state index contributed by atoms with van der Waals surface area (Å²) in [6.07, 6.45) is 0.826. The Morgan fingerprint density at radius 1 is 1.31 bits per heavy atom. The van der Waals surface area contributed by atoms with E-state index in [1.165, 1.54) is 0 Å². The highest BCUT2D eigenvalue weighted by molar-refractivity contribution is 6.31. The molecule has 0 spiro atoms. The second-order valence-corrected chi connectivity index (χ2v) is 3.83. The van der Waals surface area contributed by atoms with Gasteiger partial charge in [-0.15, -0.1) is 0 Å². The zero-order chi connectivity index (χ0) is 11.8. The largest absolute Gasteiger partial charge is 0.497 e. The number of likely N-dealkylation sites (N-methyl/N-ethyl adjacent to an activating group) is 1. The Bertz CT molecular complexity index is 318. The van der Waals surface area contributed by atoms with Crippen LogP contribution in [0.2, 0.25) is 5.02 Å². The Morgan fingerprint density at radius 3 is 2.75 bits per heavy atom. The van der Waals surface area contributed by atoms with Gasteiger partial charge in [0.15, 0.2) is 0 Å². The van der Waals surface area contributed by atoms with E-state index in [1.807, 2.05) is 25.2 Å². The standard InChI is InChI=1S/C12H18ClNO2/c1-14-6-8-16-7-5-10-3-4-11(15-2)9-12(10)13/h3-4,9,14H,5-8H2,1-2H3. The molecule has 0 aliphatic rings. The second kappa shape index (κ2) is 7.49. The van der Waals surface area contributed by atoms with Gasteiger partial charge in [-0.3, -0.25) is 0 Å². The number of benzene rings is 1. The Morgan fingerprint density at radius 2 is 2.12 bits per heavy atom. The molecule has 3 nitrogen and oxygen atoms in total. The Kier molecular flexibility index (Phi) is 6.23. The average molecular weight is 244 g/mol. The first-order valence-corrected chi connectivity index (χ1v) is 5.70. The first-order valence-electron chi connectivity index (χ1n) is 5.32. The minimum absolute atomic E-state index is 0.688. The summed E-state index contributed by atoms with van der Waals surface area (Å²) in [5.41, 5.74) is 1.09. The molecule has 1 N–H and O–H groups in total. The number of hydrogen-bond acceptors (Lipinski definition) is 3. The van der Waals surface area contributed by atoms with E-state index < -0.39 is 0 Å². The Labute approximate surface area is 102 Å². The van der Waals surface area contributed by atoms with Crippen molar-refractivity contribution in [2.75, 3.05) is 33.9 Å². The quantitative estimate of drug-likeness (QED) is 0.745. The smallest absolute Gasteiger partial charge is 0.120 e. The first kappa shape index (κ1) is 13.3. The molecule has 1 aromatic carbocycles. The Hall–Kier alpha value is -0.770. The zero-order valence-electron chi connectivity index (χ0n) is 9.75. The molecular weight excluding hydrogens is 226 g/mol. The molecule has 4 heteroatoms. The van der Waals surface area contributed by atoms with Crippen LogP contribution in [0.1, 0.15) is 5.56 Å². The van der Waals surface area contributed by atoms with Crippen molar-refractivity contribution in [1.29, 1.82) is 0 Å². The molecule has 90 valence electrons. The first-order chi connectivity index (χ1) is 7.77. The van der Waals surface area contributed by atoms with Crippen molar-refractivity contribution in [3.63, 3.8) is 0 Å². The van der Waals surface area contributed by atoms with E-state index >= 15 is 0 Å².